The van der Waals surface area contributed by atoms with Crippen LogP contribution in [0, 0.1) is 19.3 Å². The Balaban J connectivity index is 3.06. The number of hydrogen-bond donors (Lipinski definition) is 0. The molecule has 0 heteroatoms. The molecular formula is C9H7-. The highest BCUT2D eigenvalue weighted by Crippen LogP contribution is 1.99. The van der Waals surface area contributed by atoms with Gasteiger partial charge in [0.2, 0.25) is 0 Å². The fourth-order valence-corrected chi connectivity index (χ4v) is 0.637. The van der Waals surface area contributed by atoms with Gasteiger partial charge in [0, 0.05) is 0 Å². The molecule has 0 aliphatic carbocycles. The second-order valence-electron chi connectivity index (χ2n) is 1.99. The first-order chi connectivity index (χ1) is 4.33. The van der Waals surface area contributed by atoms with Crippen LogP contribution < -0.4 is 0 Å². The van der Waals surface area contributed by atoms with Gasteiger partial charge in [0.1, 0.15) is 0 Å². The summed E-state index contributed by atoms with van der Waals surface area (Å²) in [5, 5.41) is 0. The molecule has 1 aromatic carbocycles. The summed E-state index contributed by atoms with van der Waals surface area (Å²) in [5.41, 5.74) is 2.05. The molecule has 0 fully saturated rings. The zero-order valence-electron chi connectivity index (χ0n) is 5.31. The van der Waals surface area contributed by atoms with E-state index >= 15 is 0 Å². The van der Waals surface area contributed by atoms with E-state index in [1.807, 2.05) is 31.2 Å². The second-order valence-corrected chi connectivity index (χ2v) is 1.99. The summed E-state index contributed by atoms with van der Waals surface area (Å²) in [6.45, 7) is 2.02. The molecule has 44 valence electrons. The van der Waals surface area contributed by atoms with Crippen LogP contribution in [-0.4, -0.2) is 0 Å². The molecule has 1 rings (SSSR count). The average molecular weight is 115 g/mol. The van der Waals surface area contributed by atoms with Crippen molar-refractivity contribution in [2.24, 2.45) is 0 Å². The minimum Gasteiger partial charge on any atom is -0.366 e. The average Bonchev–Trinajstić information content (AvgIpc) is 1.90. The van der Waals surface area contributed by atoms with Crippen LogP contribution in [0.2, 0.25) is 0 Å². The zero-order valence-corrected chi connectivity index (χ0v) is 5.31. The lowest BCUT2D eigenvalue weighted by Gasteiger charge is -1.97. The van der Waals surface area contributed by atoms with Crippen LogP contribution in [0.15, 0.2) is 24.3 Å². The molecule has 9 heavy (non-hydrogen) atoms. The maximum Gasteiger partial charge on any atom is -0.0399 e. The van der Waals surface area contributed by atoms with Gasteiger partial charge in [-0.2, -0.15) is 0 Å². The summed E-state index contributed by atoms with van der Waals surface area (Å²) in [6.07, 6.45) is 6.76. The minimum absolute atomic E-state index is 0.834. The fourth-order valence-electron chi connectivity index (χ4n) is 0.637. The Morgan fingerprint density at radius 3 is 2.22 bits per heavy atom. The molecule has 0 spiro atoms. The van der Waals surface area contributed by atoms with Crippen LogP contribution in [0.25, 0.3) is 0 Å². The molecule has 0 nitrogen and oxygen atoms in total. The maximum atomic E-state index is 6.76. The predicted molar refractivity (Wildman–Crippen MR) is 37.4 cm³/mol. The molecule has 0 saturated carbocycles. The molecule has 0 amide bonds. The molecule has 0 heterocycles. The van der Waals surface area contributed by atoms with E-state index in [1.165, 1.54) is 5.56 Å². The Labute approximate surface area is 55.5 Å². The lowest BCUT2D eigenvalue weighted by Crippen LogP contribution is -1.72. The largest absolute Gasteiger partial charge is 0.366 e. The lowest BCUT2D eigenvalue weighted by atomic mass is 10.2. The first-order valence-electron chi connectivity index (χ1n) is 2.82. The van der Waals surface area contributed by atoms with Crippen molar-refractivity contribution in [3.8, 4) is 5.92 Å². The Morgan fingerprint density at radius 2 is 1.78 bits per heavy atom. The molecule has 0 saturated heterocycles. The van der Waals surface area contributed by atoms with Gasteiger partial charge >= 0.3 is 0 Å². The van der Waals surface area contributed by atoms with Crippen molar-refractivity contribution in [3.63, 3.8) is 0 Å². The smallest absolute Gasteiger partial charge is 0.0399 e. The number of rotatable bonds is 0. The van der Waals surface area contributed by atoms with Gasteiger partial charge in [0.15, 0.2) is 0 Å². The quantitative estimate of drug-likeness (QED) is 0.358. The Bertz CT molecular complexity index is 223. The summed E-state index contributed by atoms with van der Waals surface area (Å²) in [7, 11) is 0. The van der Waals surface area contributed by atoms with Gasteiger partial charge < -0.3 is 6.42 Å². The first-order valence-corrected chi connectivity index (χ1v) is 2.82. The molecule has 1 aromatic rings. The maximum absolute atomic E-state index is 6.76. The van der Waals surface area contributed by atoms with Gasteiger partial charge in [0.05, 0.1) is 0 Å². The van der Waals surface area contributed by atoms with Crippen molar-refractivity contribution in [3.05, 3.63) is 41.8 Å². The number of aryl methyl sites for hydroxylation is 1. The molecule has 0 aromatic heterocycles. The highest BCUT2D eigenvalue weighted by atomic mass is 13.9. The summed E-state index contributed by atoms with van der Waals surface area (Å²) in [6, 6.07) is 7.69. The third kappa shape index (κ3) is 1.33. The molecule has 0 radical (unpaired) electrons. The summed E-state index contributed by atoms with van der Waals surface area (Å²) in [4.78, 5) is 0. The summed E-state index contributed by atoms with van der Waals surface area (Å²) in [5.74, 6) is 2.30. The van der Waals surface area contributed by atoms with E-state index in [4.69, 9.17) is 6.42 Å². The van der Waals surface area contributed by atoms with Crippen molar-refractivity contribution in [2.75, 3.05) is 0 Å². The van der Waals surface area contributed by atoms with Crippen molar-refractivity contribution >= 4 is 0 Å². The van der Waals surface area contributed by atoms with E-state index in [2.05, 4.69) is 5.92 Å². The molecule has 0 N–H and O–H groups in total. The standard InChI is InChI=1S/C9H7/c1-3-9-6-4-8(2)5-7-9/h4-7H,2H3/q-1. The highest BCUT2D eigenvalue weighted by Gasteiger charge is 1.75. The minimum atomic E-state index is 0.834. The highest BCUT2D eigenvalue weighted by molar-refractivity contribution is 5.32. The van der Waals surface area contributed by atoms with Gasteiger partial charge in [-0.25, -0.2) is 0 Å². The van der Waals surface area contributed by atoms with Crippen molar-refractivity contribution in [2.45, 2.75) is 6.92 Å². The molecule has 0 aliphatic rings. The van der Waals surface area contributed by atoms with Gasteiger partial charge in [0.25, 0.3) is 0 Å². The van der Waals surface area contributed by atoms with E-state index in [0.29, 0.717) is 0 Å². The van der Waals surface area contributed by atoms with Crippen molar-refractivity contribution in [1.82, 2.24) is 0 Å². The van der Waals surface area contributed by atoms with E-state index in [1.54, 1.807) is 0 Å². The zero-order chi connectivity index (χ0) is 6.69. The molecule has 0 atom stereocenters. The molecule has 0 unspecified atom stereocenters. The summed E-state index contributed by atoms with van der Waals surface area (Å²) >= 11 is 0. The predicted octanol–water partition coefficient (Wildman–Crippen LogP) is 1.93. The Kier molecular flexibility index (Phi) is 1.55. The van der Waals surface area contributed by atoms with Crippen LogP contribution in [0.3, 0.4) is 0 Å². The van der Waals surface area contributed by atoms with E-state index < -0.39 is 0 Å². The third-order valence-electron chi connectivity index (χ3n) is 1.20. The van der Waals surface area contributed by atoms with Crippen LogP contribution in [0.4, 0.5) is 0 Å². The third-order valence-corrected chi connectivity index (χ3v) is 1.20. The SMILES string of the molecule is [C-]#Cc1ccc(C)cc1. The monoisotopic (exact) mass is 115 g/mol. The topological polar surface area (TPSA) is 0 Å². The Hall–Kier alpha value is -1.22. The molecule has 0 aliphatic heterocycles. The first kappa shape index (κ1) is 5.91. The molecule has 0 bridgehead atoms. The van der Waals surface area contributed by atoms with Gasteiger partial charge in [-0.1, -0.05) is 17.7 Å². The Morgan fingerprint density at radius 1 is 1.22 bits per heavy atom. The van der Waals surface area contributed by atoms with E-state index in [-0.39, 0.29) is 0 Å². The number of benzene rings is 1. The lowest BCUT2D eigenvalue weighted by molar-refractivity contribution is 1.46. The van der Waals surface area contributed by atoms with Crippen LogP contribution >= 0.6 is 0 Å². The van der Waals surface area contributed by atoms with Crippen LogP contribution in [-0.2, 0) is 0 Å². The van der Waals surface area contributed by atoms with Crippen LogP contribution in [0.5, 0.6) is 0 Å². The fraction of sp³-hybridized carbons (Fsp3) is 0.111. The number of hydrogen-bond acceptors (Lipinski definition) is 0. The van der Waals surface area contributed by atoms with Gasteiger partial charge in [-0.05, 0) is 6.92 Å². The van der Waals surface area contributed by atoms with Crippen LogP contribution in [0.1, 0.15) is 11.1 Å². The summed E-state index contributed by atoms with van der Waals surface area (Å²) < 4.78 is 0. The van der Waals surface area contributed by atoms with E-state index in [0.717, 1.165) is 5.56 Å². The van der Waals surface area contributed by atoms with E-state index in [9.17, 15) is 0 Å². The second kappa shape index (κ2) is 2.37. The van der Waals surface area contributed by atoms with Crippen molar-refractivity contribution < 1.29 is 0 Å². The normalized spacial score (nSPS) is 8.44. The van der Waals surface area contributed by atoms with Crippen molar-refractivity contribution in [1.29, 1.82) is 0 Å². The van der Waals surface area contributed by atoms with Gasteiger partial charge in [-0.15, -0.1) is 17.7 Å². The van der Waals surface area contributed by atoms with Gasteiger partial charge in [-0.3, -0.25) is 5.92 Å². The molecular weight excluding hydrogens is 108 g/mol.